The number of nitrogens with zero attached hydrogens (tertiary/aromatic N) is 1. The second kappa shape index (κ2) is 6.23. The van der Waals surface area contributed by atoms with Crippen molar-refractivity contribution in [2.75, 3.05) is 7.11 Å². The maximum atomic E-state index is 12.1. The summed E-state index contributed by atoms with van der Waals surface area (Å²) in [7, 11) is 1.65. The number of fused-ring (bicyclic) bond motifs is 3. The van der Waals surface area contributed by atoms with Gasteiger partial charge in [-0.05, 0) is 36.2 Å². The van der Waals surface area contributed by atoms with Crippen molar-refractivity contribution in [1.82, 2.24) is 4.57 Å². The van der Waals surface area contributed by atoms with Crippen molar-refractivity contribution >= 4 is 27.7 Å². The van der Waals surface area contributed by atoms with Crippen LogP contribution in [0.2, 0.25) is 0 Å². The van der Waals surface area contributed by atoms with E-state index in [1.54, 1.807) is 13.2 Å². The summed E-state index contributed by atoms with van der Waals surface area (Å²) in [6.07, 6.45) is 0. The lowest BCUT2D eigenvalue weighted by Crippen LogP contribution is -2.11. The molecule has 4 nitrogen and oxygen atoms in total. The molecule has 0 aliphatic heterocycles. The summed E-state index contributed by atoms with van der Waals surface area (Å²) in [5.41, 5.74) is 10.6. The third kappa shape index (κ3) is 2.42. The lowest BCUT2D eigenvalue weighted by molar-refractivity contribution is 0.100. The average molecular weight is 344 g/mol. The summed E-state index contributed by atoms with van der Waals surface area (Å²) in [6.45, 7) is 2.78. The predicted octanol–water partition coefficient (Wildman–Crippen LogP) is 4.26. The third-order valence-corrected chi connectivity index (χ3v) is 4.86. The van der Waals surface area contributed by atoms with E-state index in [1.807, 2.05) is 42.5 Å². The minimum Gasteiger partial charge on any atom is -0.496 e. The summed E-state index contributed by atoms with van der Waals surface area (Å²) < 4.78 is 7.86. The summed E-state index contributed by atoms with van der Waals surface area (Å²) in [5, 5.41) is 1.79. The van der Waals surface area contributed by atoms with Gasteiger partial charge in [0.1, 0.15) is 5.75 Å². The quantitative estimate of drug-likeness (QED) is 0.601. The maximum absolute atomic E-state index is 12.1. The Balaban J connectivity index is 2.16. The summed E-state index contributed by atoms with van der Waals surface area (Å²) in [4.78, 5) is 12.1. The number of hydrogen-bond acceptors (Lipinski definition) is 2. The highest BCUT2D eigenvalue weighted by atomic mass is 16.5. The van der Waals surface area contributed by atoms with E-state index in [9.17, 15) is 4.79 Å². The van der Waals surface area contributed by atoms with E-state index in [0.717, 1.165) is 33.1 Å². The number of aryl methyl sites for hydroxylation is 1. The Morgan fingerprint density at radius 2 is 1.77 bits per heavy atom. The molecule has 0 saturated heterocycles. The van der Waals surface area contributed by atoms with Crippen molar-refractivity contribution in [1.29, 1.82) is 0 Å². The van der Waals surface area contributed by atoms with Crippen molar-refractivity contribution < 1.29 is 9.53 Å². The molecule has 4 heteroatoms. The Hall–Kier alpha value is -3.27. The number of carbonyl (C=O) groups excluding carboxylic acids is 1. The van der Waals surface area contributed by atoms with Crippen LogP contribution >= 0.6 is 0 Å². The minimum atomic E-state index is -0.432. The van der Waals surface area contributed by atoms with E-state index in [-0.39, 0.29) is 0 Å². The van der Waals surface area contributed by atoms with Crippen molar-refractivity contribution in [2.45, 2.75) is 13.5 Å². The van der Waals surface area contributed by atoms with Crippen LogP contribution in [-0.2, 0) is 6.54 Å². The van der Waals surface area contributed by atoms with Gasteiger partial charge in [0, 0.05) is 17.5 Å². The van der Waals surface area contributed by atoms with E-state index in [0.29, 0.717) is 12.1 Å². The van der Waals surface area contributed by atoms with Crippen LogP contribution in [0.1, 0.15) is 21.5 Å². The lowest BCUT2D eigenvalue weighted by atomic mass is 10.0. The van der Waals surface area contributed by atoms with Gasteiger partial charge in [0.05, 0.1) is 23.5 Å². The van der Waals surface area contributed by atoms with Gasteiger partial charge in [0.25, 0.3) is 0 Å². The minimum absolute atomic E-state index is 0.432. The van der Waals surface area contributed by atoms with Crippen LogP contribution < -0.4 is 10.5 Å². The molecule has 0 bridgehead atoms. The number of methoxy groups -OCH3 is 1. The van der Waals surface area contributed by atoms with Gasteiger partial charge < -0.3 is 15.0 Å². The molecule has 3 aromatic carbocycles. The van der Waals surface area contributed by atoms with E-state index >= 15 is 0 Å². The van der Waals surface area contributed by atoms with Gasteiger partial charge in [-0.25, -0.2) is 0 Å². The molecular weight excluding hydrogens is 324 g/mol. The number of nitrogens with two attached hydrogens (primary N) is 1. The van der Waals surface area contributed by atoms with E-state index in [1.165, 1.54) is 5.56 Å². The maximum Gasteiger partial charge on any atom is 0.249 e. The van der Waals surface area contributed by atoms with Gasteiger partial charge in [-0.15, -0.1) is 0 Å². The molecule has 4 aromatic rings. The number of ether oxygens (including phenoxy) is 1. The van der Waals surface area contributed by atoms with Crippen LogP contribution in [0.25, 0.3) is 21.8 Å². The standard InChI is InChI=1S/C22H20N2O2/c1-14-11-12-18(26-2)20-19-16(22(23)25)9-6-10-17(19)24(21(14)20)13-15-7-4-3-5-8-15/h3-12H,13H2,1-2H3,(H2,23,25). The fourth-order valence-electron chi connectivity index (χ4n) is 3.72. The molecule has 1 aromatic heterocycles. The number of carbonyl (C=O) groups is 1. The van der Waals surface area contributed by atoms with Crippen molar-refractivity contribution in [3.63, 3.8) is 0 Å². The lowest BCUT2D eigenvalue weighted by Gasteiger charge is -2.10. The van der Waals surface area contributed by atoms with Crippen molar-refractivity contribution in [3.8, 4) is 5.75 Å². The molecule has 1 heterocycles. The van der Waals surface area contributed by atoms with Gasteiger partial charge in [0.2, 0.25) is 5.91 Å². The zero-order chi connectivity index (χ0) is 18.3. The number of primary amides is 1. The van der Waals surface area contributed by atoms with Crippen molar-refractivity contribution in [3.05, 3.63) is 77.4 Å². The zero-order valence-corrected chi connectivity index (χ0v) is 14.8. The van der Waals surface area contributed by atoms with Crippen LogP contribution in [0.5, 0.6) is 5.75 Å². The normalized spacial score (nSPS) is 11.2. The van der Waals surface area contributed by atoms with E-state index in [2.05, 4.69) is 23.6 Å². The SMILES string of the molecule is COc1ccc(C)c2c1c1c(C(N)=O)cccc1n2Cc1ccccc1. The Morgan fingerprint density at radius 3 is 2.46 bits per heavy atom. The summed E-state index contributed by atoms with van der Waals surface area (Å²) in [5.74, 6) is 0.314. The molecule has 0 aliphatic carbocycles. The third-order valence-electron chi connectivity index (χ3n) is 4.86. The monoisotopic (exact) mass is 344 g/mol. The zero-order valence-electron chi connectivity index (χ0n) is 14.8. The van der Waals surface area contributed by atoms with Crippen LogP contribution in [0.3, 0.4) is 0 Å². The van der Waals surface area contributed by atoms with E-state index < -0.39 is 5.91 Å². The second-order valence-electron chi connectivity index (χ2n) is 6.44. The smallest absolute Gasteiger partial charge is 0.249 e. The second-order valence-corrected chi connectivity index (χ2v) is 6.44. The molecular formula is C22H20N2O2. The first-order valence-electron chi connectivity index (χ1n) is 8.54. The molecule has 0 atom stereocenters. The molecule has 0 radical (unpaired) electrons. The Morgan fingerprint density at radius 1 is 1.00 bits per heavy atom. The largest absolute Gasteiger partial charge is 0.496 e. The van der Waals surface area contributed by atoms with Crippen LogP contribution in [0.4, 0.5) is 0 Å². The van der Waals surface area contributed by atoms with Crippen LogP contribution in [-0.4, -0.2) is 17.6 Å². The Labute approximate surface area is 151 Å². The first kappa shape index (κ1) is 16.2. The predicted molar refractivity (Wildman–Crippen MR) is 105 cm³/mol. The molecule has 0 fully saturated rings. The topological polar surface area (TPSA) is 57.2 Å². The van der Waals surface area contributed by atoms with Gasteiger partial charge >= 0.3 is 0 Å². The van der Waals surface area contributed by atoms with Crippen molar-refractivity contribution in [2.24, 2.45) is 5.73 Å². The summed E-state index contributed by atoms with van der Waals surface area (Å²) in [6, 6.07) is 20.0. The number of aromatic nitrogens is 1. The fraction of sp³-hybridized carbons (Fsp3) is 0.136. The highest BCUT2D eigenvalue weighted by Crippen LogP contribution is 2.39. The highest BCUT2D eigenvalue weighted by molar-refractivity contribution is 6.20. The molecule has 130 valence electrons. The van der Waals surface area contributed by atoms with Gasteiger partial charge in [0.15, 0.2) is 0 Å². The number of hydrogen-bond donors (Lipinski definition) is 1. The molecule has 4 rings (SSSR count). The molecule has 0 saturated carbocycles. The molecule has 1 amide bonds. The molecule has 0 aliphatic rings. The number of benzene rings is 3. The van der Waals surface area contributed by atoms with Gasteiger partial charge in [-0.1, -0.05) is 42.5 Å². The molecule has 2 N–H and O–H groups in total. The van der Waals surface area contributed by atoms with Crippen LogP contribution in [0.15, 0.2) is 60.7 Å². The summed E-state index contributed by atoms with van der Waals surface area (Å²) >= 11 is 0. The van der Waals surface area contributed by atoms with Gasteiger partial charge in [-0.3, -0.25) is 4.79 Å². The number of amides is 1. The first-order valence-corrected chi connectivity index (χ1v) is 8.54. The highest BCUT2D eigenvalue weighted by Gasteiger charge is 2.20. The fourth-order valence-corrected chi connectivity index (χ4v) is 3.72. The Bertz CT molecular complexity index is 1130. The number of rotatable bonds is 4. The van der Waals surface area contributed by atoms with E-state index in [4.69, 9.17) is 10.5 Å². The van der Waals surface area contributed by atoms with Crippen LogP contribution in [0, 0.1) is 6.92 Å². The first-order chi connectivity index (χ1) is 12.6. The Kier molecular flexibility index (Phi) is 3.88. The molecule has 0 unspecified atom stereocenters. The molecule has 0 spiro atoms. The van der Waals surface area contributed by atoms with Gasteiger partial charge in [-0.2, -0.15) is 0 Å². The molecule has 26 heavy (non-hydrogen) atoms. The average Bonchev–Trinajstić information content (AvgIpc) is 2.98.